The second-order valence-electron chi connectivity index (χ2n) is 2.10. The van der Waals surface area contributed by atoms with E-state index in [4.69, 9.17) is 16.1 Å². The molecule has 0 saturated heterocycles. The molecule has 0 aliphatic carbocycles. The summed E-state index contributed by atoms with van der Waals surface area (Å²) in [5.74, 6) is -1.01. The second-order valence-corrected chi connectivity index (χ2v) is 3.18. The van der Waals surface area contributed by atoms with Crippen molar-refractivity contribution in [3.05, 3.63) is 21.0 Å². The Kier molecular flexibility index (Phi) is 2.38. The van der Waals surface area contributed by atoms with Gasteiger partial charge in [0.1, 0.15) is 17.4 Å². The number of aromatic hydroxyl groups is 1. The highest BCUT2D eigenvalue weighted by molar-refractivity contribution is 14.1. The van der Waals surface area contributed by atoms with Gasteiger partial charge in [0.05, 0.1) is 9.26 Å². The first-order valence-corrected chi connectivity index (χ1v) is 4.02. The standard InChI is InChI=1S/C7H4FIN2O/c8-6-3(2-10)4(11)1-5(12)7(6)9/h1,12H,11H2. The first-order chi connectivity index (χ1) is 5.57. The summed E-state index contributed by atoms with van der Waals surface area (Å²) in [6.07, 6.45) is 0. The number of halogens is 2. The number of phenols is 1. The molecule has 3 N–H and O–H groups in total. The summed E-state index contributed by atoms with van der Waals surface area (Å²) < 4.78 is 13.1. The number of nitrogen functional groups attached to an aromatic ring is 1. The maximum Gasteiger partial charge on any atom is 0.160 e. The molecule has 0 bridgehead atoms. The molecular weight excluding hydrogens is 274 g/mol. The predicted molar refractivity (Wildman–Crippen MR) is 49.9 cm³/mol. The van der Waals surface area contributed by atoms with Crippen molar-refractivity contribution in [2.45, 2.75) is 0 Å². The molecule has 0 atom stereocenters. The summed E-state index contributed by atoms with van der Waals surface area (Å²) in [4.78, 5) is 0. The number of rotatable bonds is 0. The third kappa shape index (κ3) is 1.30. The average molecular weight is 278 g/mol. The first kappa shape index (κ1) is 9.06. The molecule has 0 aliphatic heterocycles. The Bertz CT molecular complexity index is 373. The van der Waals surface area contributed by atoms with E-state index in [1.807, 2.05) is 0 Å². The van der Waals surface area contributed by atoms with Crippen LogP contribution in [0.15, 0.2) is 6.07 Å². The van der Waals surface area contributed by atoms with Crippen molar-refractivity contribution in [1.82, 2.24) is 0 Å². The Labute approximate surface area is 81.8 Å². The fourth-order valence-electron chi connectivity index (χ4n) is 0.745. The Morgan fingerprint density at radius 2 is 2.25 bits per heavy atom. The third-order valence-corrected chi connectivity index (χ3v) is 2.36. The van der Waals surface area contributed by atoms with E-state index in [1.54, 1.807) is 28.7 Å². The Balaban J connectivity index is 3.54. The predicted octanol–water partition coefficient (Wildman–Crippen LogP) is 1.59. The van der Waals surface area contributed by atoms with Crippen molar-refractivity contribution < 1.29 is 9.50 Å². The van der Waals surface area contributed by atoms with E-state index in [-0.39, 0.29) is 20.6 Å². The summed E-state index contributed by atoms with van der Waals surface area (Å²) in [6, 6.07) is 2.77. The van der Waals surface area contributed by atoms with Crippen LogP contribution in [0, 0.1) is 20.7 Å². The van der Waals surface area contributed by atoms with Crippen LogP contribution in [-0.2, 0) is 0 Å². The minimum atomic E-state index is -0.768. The lowest BCUT2D eigenvalue weighted by Crippen LogP contribution is -1.96. The van der Waals surface area contributed by atoms with Crippen LogP contribution in [0.5, 0.6) is 5.75 Å². The van der Waals surface area contributed by atoms with Gasteiger partial charge in [0.15, 0.2) is 5.82 Å². The Morgan fingerprint density at radius 1 is 1.67 bits per heavy atom. The van der Waals surface area contributed by atoms with Crippen LogP contribution >= 0.6 is 22.6 Å². The molecule has 0 aliphatic rings. The van der Waals surface area contributed by atoms with Gasteiger partial charge in [0.2, 0.25) is 0 Å². The lowest BCUT2D eigenvalue weighted by Gasteiger charge is -2.02. The van der Waals surface area contributed by atoms with Gasteiger partial charge in [-0.1, -0.05) is 0 Å². The van der Waals surface area contributed by atoms with Crippen LogP contribution in [0.25, 0.3) is 0 Å². The summed E-state index contributed by atoms with van der Waals surface area (Å²) in [5, 5.41) is 17.5. The quantitative estimate of drug-likeness (QED) is 0.559. The van der Waals surface area contributed by atoms with Crippen LogP contribution in [0.4, 0.5) is 10.1 Å². The lowest BCUT2D eigenvalue weighted by molar-refractivity contribution is 0.463. The fraction of sp³-hybridized carbons (Fsp3) is 0. The van der Waals surface area contributed by atoms with Crippen LogP contribution in [0.2, 0.25) is 0 Å². The molecule has 1 rings (SSSR count). The number of benzene rings is 1. The van der Waals surface area contributed by atoms with E-state index in [0.717, 1.165) is 6.07 Å². The molecule has 0 fully saturated rings. The SMILES string of the molecule is N#Cc1c(N)cc(O)c(I)c1F. The highest BCUT2D eigenvalue weighted by atomic mass is 127. The second kappa shape index (κ2) is 3.15. The van der Waals surface area contributed by atoms with Gasteiger partial charge in [-0.3, -0.25) is 0 Å². The van der Waals surface area contributed by atoms with Gasteiger partial charge in [-0.15, -0.1) is 0 Å². The summed E-state index contributed by atoms with van der Waals surface area (Å²) >= 11 is 1.60. The topological polar surface area (TPSA) is 70.0 Å². The maximum absolute atomic E-state index is 13.1. The number of nitrogens with zero attached hydrogens (tertiary/aromatic N) is 1. The molecule has 1 aromatic rings. The summed E-state index contributed by atoms with van der Waals surface area (Å²) in [6.45, 7) is 0. The molecule has 3 nitrogen and oxygen atoms in total. The number of phenolic OH excluding ortho intramolecular Hbond substituents is 1. The molecule has 12 heavy (non-hydrogen) atoms. The van der Waals surface area contributed by atoms with Gasteiger partial charge in [-0.2, -0.15) is 5.26 Å². The van der Waals surface area contributed by atoms with Crippen molar-refractivity contribution in [1.29, 1.82) is 5.26 Å². The molecule has 0 saturated carbocycles. The molecule has 0 unspecified atom stereocenters. The number of hydrogen-bond acceptors (Lipinski definition) is 3. The molecule has 0 radical (unpaired) electrons. The van der Waals surface area contributed by atoms with E-state index in [9.17, 15) is 4.39 Å². The van der Waals surface area contributed by atoms with Gasteiger partial charge in [0.25, 0.3) is 0 Å². The zero-order valence-corrected chi connectivity index (χ0v) is 7.96. The van der Waals surface area contributed by atoms with Crippen LogP contribution in [0.1, 0.15) is 5.56 Å². The average Bonchev–Trinajstić information content (AvgIpc) is 2.01. The Morgan fingerprint density at radius 3 is 2.75 bits per heavy atom. The van der Waals surface area contributed by atoms with Gasteiger partial charge in [-0.05, 0) is 22.6 Å². The monoisotopic (exact) mass is 278 g/mol. The van der Waals surface area contributed by atoms with Crippen molar-refractivity contribution in [2.24, 2.45) is 0 Å². The number of nitrogens with two attached hydrogens (primary N) is 1. The van der Waals surface area contributed by atoms with E-state index in [0.29, 0.717) is 0 Å². The number of hydrogen-bond donors (Lipinski definition) is 2. The fourth-order valence-corrected chi connectivity index (χ4v) is 1.17. The normalized spacial score (nSPS) is 9.42. The number of nitriles is 1. The summed E-state index contributed by atoms with van der Waals surface area (Å²) in [7, 11) is 0. The molecule has 0 spiro atoms. The molecule has 1 aromatic carbocycles. The zero-order chi connectivity index (χ0) is 9.30. The van der Waals surface area contributed by atoms with Crippen molar-refractivity contribution in [2.75, 3.05) is 5.73 Å². The van der Waals surface area contributed by atoms with Crippen LogP contribution < -0.4 is 5.73 Å². The highest BCUT2D eigenvalue weighted by Crippen LogP contribution is 2.28. The van der Waals surface area contributed by atoms with Gasteiger partial charge >= 0.3 is 0 Å². The minimum absolute atomic E-state index is 0.0124. The third-order valence-electron chi connectivity index (χ3n) is 1.33. The van der Waals surface area contributed by atoms with Gasteiger partial charge in [0, 0.05) is 6.07 Å². The van der Waals surface area contributed by atoms with E-state index >= 15 is 0 Å². The molecule has 5 heteroatoms. The molecule has 0 heterocycles. The van der Waals surface area contributed by atoms with Crippen LogP contribution in [-0.4, -0.2) is 5.11 Å². The molecule has 62 valence electrons. The lowest BCUT2D eigenvalue weighted by atomic mass is 10.2. The van der Waals surface area contributed by atoms with Crippen molar-refractivity contribution >= 4 is 28.3 Å². The smallest absolute Gasteiger partial charge is 0.160 e. The molecular formula is C7H4FIN2O. The zero-order valence-electron chi connectivity index (χ0n) is 5.81. The Hall–Kier alpha value is -1.03. The van der Waals surface area contributed by atoms with E-state index < -0.39 is 5.82 Å². The van der Waals surface area contributed by atoms with Gasteiger partial charge < -0.3 is 10.8 Å². The molecule has 0 aromatic heterocycles. The largest absolute Gasteiger partial charge is 0.507 e. The van der Waals surface area contributed by atoms with E-state index in [2.05, 4.69) is 0 Å². The maximum atomic E-state index is 13.1. The van der Waals surface area contributed by atoms with E-state index in [1.165, 1.54) is 0 Å². The first-order valence-electron chi connectivity index (χ1n) is 2.94. The highest BCUT2D eigenvalue weighted by Gasteiger charge is 2.13. The number of anilines is 1. The molecule has 0 amide bonds. The van der Waals surface area contributed by atoms with Crippen molar-refractivity contribution in [3.63, 3.8) is 0 Å². The summed E-state index contributed by atoms with van der Waals surface area (Å²) in [5.41, 5.74) is 5.00. The van der Waals surface area contributed by atoms with Crippen molar-refractivity contribution in [3.8, 4) is 11.8 Å². The van der Waals surface area contributed by atoms with Gasteiger partial charge in [-0.25, -0.2) is 4.39 Å². The minimum Gasteiger partial charge on any atom is -0.507 e. The van der Waals surface area contributed by atoms with Crippen LogP contribution in [0.3, 0.4) is 0 Å².